The Kier molecular flexibility index (Phi) is 6.05. The summed E-state index contributed by atoms with van der Waals surface area (Å²) in [4.78, 5) is 0. The zero-order valence-electron chi connectivity index (χ0n) is 11.2. The highest BCUT2D eigenvalue weighted by molar-refractivity contribution is 7.98. The highest BCUT2D eigenvalue weighted by Crippen LogP contribution is 2.15. The monoisotopic (exact) mass is 264 g/mol. The minimum atomic E-state index is 0.692. The normalized spacial score (nSPS) is 19.9. The molecule has 1 aliphatic heterocycles. The average Bonchev–Trinajstić information content (AvgIpc) is 2.42. The van der Waals surface area contributed by atoms with Gasteiger partial charge in [0.05, 0.1) is 0 Å². The van der Waals surface area contributed by atoms with E-state index < -0.39 is 0 Å². The van der Waals surface area contributed by atoms with Gasteiger partial charge in [0.1, 0.15) is 0 Å². The average molecular weight is 264 g/mol. The molecule has 1 aromatic rings. The molecule has 0 radical (unpaired) electrons. The van der Waals surface area contributed by atoms with E-state index in [-0.39, 0.29) is 0 Å². The van der Waals surface area contributed by atoms with Crippen molar-refractivity contribution < 1.29 is 0 Å². The first-order valence-corrected chi connectivity index (χ1v) is 8.08. The SMILES string of the molecule is Cc1ccccc1CSCCN[C@@H]1CCCNC1. The molecule has 0 saturated carbocycles. The van der Waals surface area contributed by atoms with Gasteiger partial charge < -0.3 is 10.6 Å². The fourth-order valence-corrected chi connectivity index (χ4v) is 3.27. The van der Waals surface area contributed by atoms with Crippen LogP contribution in [0.5, 0.6) is 0 Å². The zero-order chi connectivity index (χ0) is 12.6. The van der Waals surface area contributed by atoms with E-state index in [9.17, 15) is 0 Å². The van der Waals surface area contributed by atoms with Gasteiger partial charge in [0, 0.05) is 30.6 Å². The third-order valence-corrected chi connectivity index (χ3v) is 4.50. The molecule has 0 aliphatic carbocycles. The molecular weight excluding hydrogens is 240 g/mol. The van der Waals surface area contributed by atoms with Gasteiger partial charge in [-0.1, -0.05) is 24.3 Å². The summed E-state index contributed by atoms with van der Waals surface area (Å²) in [6, 6.07) is 9.37. The van der Waals surface area contributed by atoms with Gasteiger partial charge in [-0.05, 0) is 37.4 Å². The van der Waals surface area contributed by atoms with Crippen molar-refractivity contribution in [3.05, 3.63) is 35.4 Å². The number of rotatable bonds is 6. The molecule has 2 nitrogen and oxygen atoms in total. The number of thioether (sulfide) groups is 1. The van der Waals surface area contributed by atoms with E-state index in [0.29, 0.717) is 6.04 Å². The maximum atomic E-state index is 3.64. The Balaban J connectivity index is 1.57. The zero-order valence-corrected chi connectivity index (χ0v) is 12.1. The maximum Gasteiger partial charge on any atom is 0.0193 e. The van der Waals surface area contributed by atoms with Crippen molar-refractivity contribution in [1.82, 2.24) is 10.6 Å². The van der Waals surface area contributed by atoms with Gasteiger partial charge in [-0.3, -0.25) is 0 Å². The van der Waals surface area contributed by atoms with Gasteiger partial charge in [0.25, 0.3) is 0 Å². The Bertz CT molecular complexity index is 348. The highest BCUT2D eigenvalue weighted by atomic mass is 32.2. The molecule has 3 heteroatoms. The summed E-state index contributed by atoms with van der Waals surface area (Å²) in [6.45, 7) is 5.66. The molecule has 0 aromatic heterocycles. The molecule has 1 heterocycles. The Labute approximate surface area is 115 Å². The van der Waals surface area contributed by atoms with E-state index in [4.69, 9.17) is 0 Å². The molecule has 18 heavy (non-hydrogen) atoms. The Morgan fingerprint density at radius 3 is 3.06 bits per heavy atom. The number of piperidine rings is 1. The predicted molar refractivity (Wildman–Crippen MR) is 81.2 cm³/mol. The molecule has 1 saturated heterocycles. The number of hydrogen-bond acceptors (Lipinski definition) is 3. The van der Waals surface area contributed by atoms with Crippen LogP contribution in [0.4, 0.5) is 0 Å². The molecular formula is C15H24N2S. The lowest BCUT2D eigenvalue weighted by atomic mass is 10.1. The Hall–Kier alpha value is -0.510. The Morgan fingerprint density at radius 1 is 1.39 bits per heavy atom. The van der Waals surface area contributed by atoms with Crippen LogP contribution in [0.15, 0.2) is 24.3 Å². The molecule has 2 N–H and O–H groups in total. The molecule has 1 atom stereocenters. The second-order valence-electron chi connectivity index (χ2n) is 4.98. The van der Waals surface area contributed by atoms with Crippen LogP contribution in [-0.2, 0) is 5.75 Å². The molecule has 0 unspecified atom stereocenters. The van der Waals surface area contributed by atoms with Crippen LogP contribution in [0.2, 0.25) is 0 Å². The molecule has 100 valence electrons. The van der Waals surface area contributed by atoms with E-state index in [1.165, 1.54) is 36.3 Å². The van der Waals surface area contributed by atoms with Crippen LogP contribution in [0.1, 0.15) is 24.0 Å². The molecule has 2 rings (SSSR count). The van der Waals surface area contributed by atoms with E-state index in [2.05, 4.69) is 41.8 Å². The standard InChI is InChI=1S/C15H24N2S/c1-13-5-2-3-6-14(13)12-18-10-9-17-15-7-4-8-16-11-15/h2-3,5-6,15-17H,4,7-12H2,1H3/t15-/m1/s1. The first kappa shape index (κ1) is 13.9. The summed E-state index contributed by atoms with van der Waals surface area (Å²) in [6.07, 6.45) is 2.64. The second-order valence-corrected chi connectivity index (χ2v) is 6.08. The molecule has 1 fully saturated rings. The highest BCUT2D eigenvalue weighted by Gasteiger charge is 2.10. The maximum absolute atomic E-state index is 3.64. The number of benzene rings is 1. The minimum absolute atomic E-state index is 0.692. The minimum Gasteiger partial charge on any atom is -0.315 e. The van der Waals surface area contributed by atoms with Crippen molar-refractivity contribution in [2.24, 2.45) is 0 Å². The quantitative estimate of drug-likeness (QED) is 0.772. The van der Waals surface area contributed by atoms with Gasteiger partial charge in [-0.2, -0.15) is 11.8 Å². The van der Waals surface area contributed by atoms with E-state index >= 15 is 0 Å². The largest absolute Gasteiger partial charge is 0.315 e. The lowest BCUT2D eigenvalue weighted by Gasteiger charge is -2.23. The molecule has 1 aliphatic rings. The van der Waals surface area contributed by atoms with Crippen molar-refractivity contribution in [1.29, 1.82) is 0 Å². The molecule has 0 bridgehead atoms. The van der Waals surface area contributed by atoms with Crippen LogP contribution in [-0.4, -0.2) is 31.4 Å². The van der Waals surface area contributed by atoms with Crippen LogP contribution >= 0.6 is 11.8 Å². The number of hydrogen-bond donors (Lipinski definition) is 2. The van der Waals surface area contributed by atoms with Crippen LogP contribution in [0.3, 0.4) is 0 Å². The Morgan fingerprint density at radius 2 is 2.28 bits per heavy atom. The summed E-state index contributed by atoms with van der Waals surface area (Å²) in [5.41, 5.74) is 2.89. The summed E-state index contributed by atoms with van der Waals surface area (Å²) in [5, 5.41) is 7.08. The summed E-state index contributed by atoms with van der Waals surface area (Å²) in [7, 11) is 0. The second kappa shape index (κ2) is 7.82. The lowest BCUT2D eigenvalue weighted by molar-refractivity contribution is 0.398. The lowest BCUT2D eigenvalue weighted by Crippen LogP contribution is -2.43. The van der Waals surface area contributed by atoms with Crippen LogP contribution in [0.25, 0.3) is 0 Å². The third kappa shape index (κ3) is 4.63. The first-order chi connectivity index (χ1) is 8.86. The number of aryl methyl sites for hydroxylation is 1. The molecule has 0 amide bonds. The smallest absolute Gasteiger partial charge is 0.0193 e. The molecule has 0 spiro atoms. The van der Waals surface area contributed by atoms with Crippen molar-refractivity contribution in [2.45, 2.75) is 31.6 Å². The van der Waals surface area contributed by atoms with Gasteiger partial charge in [-0.25, -0.2) is 0 Å². The van der Waals surface area contributed by atoms with Gasteiger partial charge >= 0.3 is 0 Å². The van der Waals surface area contributed by atoms with E-state index in [1.807, 2.05) is 11.8 Å². The summed E-state index contributed by atoms with van der Waals surface area (Å²) >= 11 is 2.03. The predicted octanol–water partition coefficient (Wildman–Crippen LogP) is 2.57. The van der Waals surface area contributed by atoms with Gasteiger partial charge in [0.2, 0.25) is 0 Å². The van der Waals surface area contributed by atoms with Gasteiger partial charge in [-0.15, -0.1) is 0 Å². The summed E-state index contributed by atoms with van der Waals surface area (Å²) < 4.78 is 0. The van der Waals surface area contributed by atoms with E-state index in [0.717, 1.165) is 18.8 Å². The van der Waals surface area contributed by atoms with Crippen LogP contribution < -0.4 is 10.6 Å². The van der Waals surface area contributed by atoms with E-state index in [1.54, 1.807) is 0 Å². The molecule has 1 aromatic carbocycles. The number of nitrogens with one attached hydrogen (secondary N) is 2. The third-order valence-electron chi connectivity index (χ3n) is 3.50. The van der Waals surface area contributed by atoms with Gasteiger partial charge in [0.15, 0.2) is 0 Å². The summed E-state index contributed by atoms with van der Waals surface area (Å²) in [5.74, 6) is 2.34. The topological polar surface area (TPSA) is 24.1 Å². The fraction of sp³-hybridized carbons (Fsp3) is 0.600. The van der Waals surface area contributed by atoms with Crippen molar-refractivity contribution in [3.8, 4) is 0 Å². The van der Waals surface area contributed by atoms with Crippen molar-refractivity contribution >= 4 is 11.8 Å². The first-order valence-electron chi connectivity index (χ1n) is 6.92. The van der Waals surface area contributed by atoms with Crippen molar-refractivity contribution in [3.63, 3.8) is 0 Å². The van der Waals surface area contributed by atoms with Crippen molar-refractivity contribution in [2.75, 3.05) is 25.4 Å². The van der Waals surface area contributed by atoms with Crippen LogP contribution in [0, 0.1) is 6.92 Å². The fourth-order valence-electron chi connectivity index (χ4n) is 2.32.